The van der Waals surface area contributed by atoms with Crippen LogP contribution in [-0.4, -0.2) is 87.8 Å². The average molecular weight is 993 g/mol. The number of rotatable bonds is 8. The lowest BCUT2D eigenvalue weighted by Gasteiger charge is -2.33. The fourth-order valence-electron chi connectivity index (χ4n) is 6.39. The topological polar surface area (TPSA) is 107 Å². The van der Waals surface area contributed by atoms with Crippen LogP contribution in [0.3, 0.4) is 0 Å². The van der Waals surface area contributed by atoms with E-state index < -0.39 is 31.7 Å². The molecule has 0 atom stereocenters. The van der Waals surface area contributed by atoms with Gasteiger partial charge in [-0.15, -0.1) is 22.7 Å². The average Bonchev–Trinajstić information content (AvgIpc) is 3.93. The van der Waals surface area contributed by atoms with Crippen LogP contribution in [0.4, 0.5) is 19.0 Å². The number of hydrogen-bond acceptors (Lipinski definition) is 10. The van der Waals surface area contributed by atoms with Gasteiger partial charge in [0.15, 0.2) is 21.9 Å². The van der Waals surface area contributed by atoms with Crippen molar-refractivity contribution in [2.75, 3.05) is 62.2 Å². The van der Waals surface area contributed by atoms with Gasteiger partial charge in [0, 0.05) is 83.2 Å². The van der Waals surface area contributed by atoms with Crippen molar-refractivity contribution in [2.45, 2.75) is 23.6 Å². The first-order chi connectivity index (χ1) is 27.7. The predicted molar refractivity (Wildman–Crippen MR) is 235 cm³/mol. The summed E-state index contributed by atoms with van der Waals surface area (Å²) in [7, 11) is -7.00. The zero-order chi connectivity index (χ0) is 41.2. The van der Waals surface area contributed by atoms with Gasteiger partial charge in [-0.25, -0.2) is 35.6 Å². The maximum atomic E-state index is 13.5. The number of benzene rings is 4. The largest absolute Gasteiger partial charge is 0.345 e. The summed E-state index contributed by atoms with van der Waals surface area (Å²) in [5.74, 6) is -1.81. The molecule has 10 nitrogen and oxygen atoms in total. The number of halogens is 4. The lowest BCUT2D eigenvalue weighted by Crippen LogP contribution is -2.48. The standard InChI is InChI=1S/C21H22BrN3O2S2.C19H16BrF2N3O2S2/c1-15-3-4-17(13-16(15)2)20-14-28-21(23-20)24-9-11-25(12-10-24)29(26,27)19-7-5-18(22)6-8-19;20-14-2-4-15(5-3-14)29(26,27)25-9-7-24(8-10-25)19-23-18(12-28-19)13-1-6-16(21)17(22)11-13/h3-8,13-14H,9-12H2,1-2H3;1-6,11-12H,7-10H2. The Bertz CT molecular complexity index is 2430. The van der Waals surface area contributed by atoms with E-state index >= 15 is 0 Å². The van der Waals surface area contributed by atoms with Crippen LogP contribution in [0.5, 0.6) is 0 Å². The van der Waals surface area contributed by atoms with Gasteiger partial charge in [-0.1, -0.05) is 44.0 Å². The third-order valence-electron chi connectivity index (χ3n) is 9.92. The minimum Gasteiger partial charge on any atom is -0.345 e. The number of sulfonamides is 2. The molecule has 8 rings (SSSR count). The second kappa shape index (κ2) is 17.9. The number of piperazine rings is 2. The molecule has 0 unspecified atom stereocenters. The van der Waals surface area contributed by atoms with Crippen molar-refractivity contribution < 1.29 is 25.6 Å². The molecule has 0 amide bonds. The van der Waals surface area contributed by atoms with E-state index in [0.717, 1.165) is 42.6 Å². The minimum atomic E-state index is -3.54. The molecule has 6 aromatic rings. The second-order valence-corrected chi connectivity index (χ2v) is 21.0. The molecule has 18 heteroatoms. The van der Waals surface area contributed by atoms with Crippen LogP contribution in [0.15, 0.2) is 114 Å². The van der Waals surface area contributed by atoms with E-state index in [-0.39, 0.29) is 4.90 Å². The SMILES string of the molecule is Cc1ccc(-c2csc(N3CCN(S(=O)(=O)c4ccc(Br)cc4)CC3)n2)cc1C.O=S(=O)(c1ccc(Br)cc1)N1CCN(c2nc(-c3ccc(F)c(F)c3)cs2)CC1. The third kappa shape index (κ3) is 9.54. The predicted octanol–water partition coefficient (Wildman–Crippen LogP) is 9.06. The number of thiazole rings is 2. The van der Waals surface area contributed by atoms with Gasteiger partial charge in [0.05, 0.1) is 21.2 Å². The van der Waals surface area contributed by atoms with Gasteiger partial charge in [-0.2, -0.15) is 8.61 Å². The number of aryl methyl sites for hydroxylation is 2. The normalized spacial score (nSPS) is 15.6. The van der Waals surface area contributed by atoms with E-state index in [9.17, 15) is 25.6 Å². The van der Waals surface area contributed by atoms with E-state index in [4.69, 9.17) is 4.98 Å². The molecule has 4 aromatic carbocycles. The van der Waals surface area contributed by atoms with Gasteiger partial charge in [-0.05, 0) is 97.8 Å². The molecular formula is C40H38Br2F2N6O4S4. The molecule has 0 bridgehead atoms. The van der Waals surface area contributed by atoms with E-state index in [1.807, 2.05) is 4.90 Å². The lowest BCUT2D eigenvalue weighted by atomic mass is 10.1. The molecular weight excluding hydrogens is 955 g/mol. The van der Waals surface area contributed by atoms with Crippen LogP contribution in [0.2, 0.25) is 0 Å². The summed E-state index contributed by atoms with van der Waals surface area (Å²) in [5, 5.41) is 5.53. The Balaban J connectivity index is 0.000000177. The Morgan fingerprint density at radius 2 is 0.948 bits per heavy atom. The molecule has 0 radical (unpaired) electrons. The Morgan fingerprint density at radius 3 is 1.36 bits per heavy atom. The van der Waals surface area contributed by atoms with Gasteiger partial charge in [-0.3, -0.25) is 0 Å². The summed E-state index contributed by atoms with van der Waals surface area (Å²) in [6.45, 7) is 8.09. The van der Waals surface area contributed by atoms with Crippen molar-refractivity contribution >= 4 is 84.8 Å². The first kappa shape index (κ1) is 42.5. The van der Waals surface area contributed by atoms with Crippen LogP contribution >= 0.6 is 54.5 Å². The summed E-state index contributed by atoms with van der Waals surface area (Å²) in [5.41, 5.74) is 5.68. The van der Waals surface area contributed by atoms with Crippen LogP contribution in [0.1, 0.15) is 11.1 Å². The highest BCUT2D eigenvalue weighted by molar-refractivity contribution is 9.10. The molecule has 2 aliphatic heterocycles. The maximum Gasteiger partial charge on any atom is 0.243 e. The zero-order valence-corrected chi connectivity index (χ0v) is 37.8. The smallest absolute Gasteiger partial charge is 0.243 e. The highest BCUT2D eigenvalue weighted by Crippen LogP contribution is 2.32. The number of anilines is 2. The highest BCUT2D eigenvalue weighted by atomic mass is 79.9. The maximum absolute atomic E-state index is 13.5. The van der Waals surface area contributed by atoms with E-state index in [2.05, 4.69) is 79.2 Å². The fraction of sp³-hybridized carbons (Fsp3) is 0.250. The minimum absolute atomic E-state index is 0.268. The Hall–Kier alpha value is -3.62. The Kier molecular flexibility index (Phi) is 13.1. The molecule has 2 aromatic heterocycles. The molecule has 0 N–H and O–H groups in total. The van der Waals surface area contributed by atoms with Crippen molar-refractivity contribution in [3.05, 3.63) is 127 Å². The third-order valence-corrected chi connectivity index (χ3v) is 16.6. The molecule has 58 heavy (non-hydrogen) atoms. The molecule has 4 heterocycles. The summed E-state index contributed by atoms with van der Waals surface area (Å²) >= 11 is 9.66. The van der Waals surface area contributed by atoms with Crippen LogP contribution in [0, 0.1) is 25.5 Å². The first-order valence-electron chi connectivity index (χ1n) is 18.1. The van der Waals surface area contributed by atoms with Gasteiger partial charge in [0.2, 0.25) is 20.0 Å². The van der Waals surface area contributed by atoms with E-state index in [0.29, 0.717) is 68.5 Å². The summed E-state index contributed by atoms with van der Waals surface area (Å²) in [4.78, 5) is 14.1. The molecule has 2 saturated heterocycles. The van der Waals surface area contributed by atoms with Gasteiger partial charge < -0.3 is 9.80 Å². The summed E-state index contributed by atoms with van der Waals surface area (Å²) in [6.07, 6.45) is 0. The number of hydrogen-bond donors (Lipinski definition) is 0. The monoisotopic (exact) mass is 990 g/mol. The highest BCUT2D eigenvalue weighted by Gasteiger charge is 2.31. The molecule has 2 aliphatic rings. The van der Waals surface area contributed by atoms with Gasteiger partial charge in [0.1, 0.15) is 0 Å². The molecule has 2 fully saturated rings. The molecule has 0 spiro atoms. The number of aromatic nitrogens is 2. The number of nitrogens with zero attached hydrogens (tertiary/aromatic N) is 6. The van der Waals surface area contributed by atoms with Crippen molar-refractivity contribution in [2.24, 2.45) is 0 Å². The van der Waals surface area contributed by atoms with Gasteiger partial charge >= 0.3 is 0 Å². The van der Waals surface area contributed by atoms with Crippen LogP contribution in [0.25, 0.3) is 22.5 Å². The van der Waals surface area contributed by atoms with Crippen molar-refractivity contribution in [3.8, 4) is 22.5 Å². The Morgan fingerprint density at radius 1 is 0.534 bits per heavy atom. The first-order valence-corrected chi connectivity index (χ1v) is 24.4. The fourth-order valence-corrected chi connectivity index (χ4v) is 11.5. The van der Waals surface area contributed by atoms with Crippen molar-refractivity contribution in [1.29, 1.82) is 0 Å². The molecule has 304 valence electrons. The van der Waals surface area contributed by atoms with E-state index in [1.54, 1.807) is 69.6 Å². The van der Waals surface area contributed by atoms with Gasteiger partial charge in [0.25, 0.3) is 0 Å². The quantitative estimate of drug-likeness (QED) is 0.149. The Labute approximate surface area is 362 Å². The van der Waals surface area contributed by atoms with E-state index in [1.165, 1.54) is 32.8 Å². The zero-order valence-electron chi connectivity index (χ0n) is 31.4. The van der Waals surface area contributed by atoms with Crippen LogP contribution in [-0.2, 0) is 20.0 Å². The second-order valence-electron chi connectivity index (χ2n) is 13.6. The summed E-state index contributed by atoms with van der Waals surface area (Å²) in [6, 6.07) is 23.5. The van der Waals surface area contributed by atoms with Crippen LogP contribution < -0.4 is 9.80 Å². The van der Waals surface area contributed by atoms with Crippen molar-refractivity contribution in [3.63, 3.8) is 0 Å². The molecule has 0 saturated carbocycles. The molecule has 0 aliphatic carbocycles. The van der Waals surface area contributed by atoms with Crippen molar-refractivity contribution in [1.82, 2.24) is 18.6 Å². The summed E-state index contributed by atoms with van der Waals surface area (Å²) < 4.78 is 82.7. The lowest BCUT2D eigenvalue weighted by molar-refractivity contribution is 0.384.